The molecule has 4 nitrogen and oxygen atoms in total. The van der Waals surface area contributed by atoms with Crippen LogP contribution in [-0.4, -0.2) is 17.1 Å². The summed E-state index contributed by atoms with van der Waals surface area (Å²) in [6.45, 7) is 0. The molecular formula is C27H24F7N3O. The summed E-state index contributed by atoms with van der Waals surface area (Å²) >= 11 is 0. The number of nitrogens with one attached hydrogen (secondary N) is 2. The van der Waals surface area contributed by atoms with E-state index >= 15 is 0 Å². The quantitative estimate of drug-likeness (QED) is 0.332. The Morgan fingerprint density at radius 2 is 1.50 bits per heavy atom. The second-order valence-corrected chi connectivity index (χ2v) is 9.30. The van der Waals surface area contributed by atoms with Gasteiger partial charge in [0.1, 0.15) is 11.5 Å². The third-order valence-electron chi connectivity index (χ3n) is 6.59. The van der Waals surface area contributed by atoms with Crippen molar-refractivity contribution in [2.75, 3.05) is 0 Å². The van der Waals surface area contributed by atoms with E-state index in [4.69, 9.17) is 0 Å². The molecule has 1 aliphatic carbocycles. The molecule has 0 saturated heterocycles. The van der Waals surface area contributed by atoms with Crippen molar-refractivity contribution in [1.29, 1.82) is 0 Å². The Balaban J connectivity index is 1.91. The largest absolute Gasteiger partial charge is 0.433 e. The van der Waals surface area contributed by atoms with Gasteiger partial charge in [0.05, 0.1) is 11.1 Å². The van der Waals surface area contributed by atoms with Gasteiger partial charge in [-0.25, -0.2) is 9.18 Å². The lowest BCUT2D eigenvalue weighted by Gasteiger charge is -2.37. The Morgan fingerprint density at radius 3 is 2.08 bits per heavy atom. The van der Waals surface area contributed by atoms with Crippen LogP contribution in [0.25, 0.3) is 0 Å². The molecule has 0 aliphatic heterocycles. The normalized spacial score (nSPS) is 16.2. The molecule has 11 heteroatoms. The maximum Gasteiger partial charge on any atom is 0.433 e. The van der Waals surface area contributed by atoms with E-state index in [2.05, 4.69) is 15.6 Å². The minimum absolute atomic E-state index is 0.0466. The lowest BCUT2D eigenvalue weighted by Crippen LogP contribution is -2.53. The summed E-state index contributed by atoms with van der Waals surface area (Å²) in [7, 11) is 0. The van der Waals surface area contributed by atoms with Gasteiger partial charge in [-0.1, -0.05) is 49.2 Å². The molecule has 1 saturated carbocycles. The number of hydrogen-bond donors (Lipinski definition) is 2. The maximum atomic E-state index is 14.6. The Labute approximate surface area is 214 Å². The zero-order valence-corrected chi connectivity index (χ0v) is 20.0. The van der Waals surface area contributed by atoms with Crippen LogP contribution < -0.4 is 10.6 Å². The molecule has 1 fully saturated rings. The molecule has 202 valence electrons. The van der Waals surface area contributed by atoms with Crippen molar-refractivity contribution >= 4 is 6.03 Å². The van der Waals surface area contributed by atoms with Crippen LogP contribution in [0.1, 0.15) is 53.6 Å². The van der Waals surface area contributed by atoms with Gasteiger partial charge in [-0.3, -0.25) is 4.98 Å². The number of nitrogens with zero attached hydrogens (tertiary/aromatic N) is 1. The number of halogens is 7. The van der Waals surface area contributed by atoms with Gasteiger partial charge in [0.2, 0.25) is 0 Å². The molecule has 4 rings (SSSR count). The molecule has 0 unspecified atom stereocenters. The van der Waals surface area contributed by atoms with E-state index in [9.17, 15) is 35.5 Å². The number of amides is 2. The van der Waals surface area contributed by atoms with E-state index in [0.717, 1.165) is 31.2 Å². The van der Waals surface area contributed by atoms with Gasteiger partial charge >= 0.3 is 18.4 Å². The molecule has 3 aromatic rings. The van der Waals surface area contributed by atoms with E-state index in [0.29, 0.717) is 36.6 Å². The van der Waals surface area contributed by atoms with Gasteiger partial charge in [-0.2, -0.15) is 26.3 Å². The molecule has 0 spiro atoms. The second kappa shape index (κ2) is 10.6. The highest BCUT2D eigenvalue weighted by molar-refractivity contribution is 5.76. The summed E-state index contributed by atoms with van der Waals surface area (Å²) in [5.74, 6) is -1.22. The Morgan fingerprint density at radius 1 is 0.842 bits per heavy atom. The number of hydrogen-bond acceptors (Lipinski definition) is 2. The molecule has 0 radical (unpaired) electrons. The second-order valence-electron chi connectivity index (χ2n) is 9.30. The van der Waals surface area contributed by atoms with Crippen molar-refractivity contribution in [2.24, 2.45) is 0 Å². The predicted molar refractivity (Wildman–Crippen MR) is 125 cm³/mol. The van der Waals surface area contributed by atoms with Crippen LogP contribution in [0, 0.1) is 5.82 Å². The number of benzene rings is 2. The van der Waals surface area contributed by atoms with Gasteiger partial charge < -0.3 is 10.6 Å². The summed E-state index contributed by atoms with van der Waals surface area (Å²) in [5.41, 5.74) is -4.23. The first-order valence-electron chi connectivity index (χ1n) is 11.9. The van der Waals surface area contributed by atoms with Crippen molar-refractivity contribution in [3.8, 4) is 0 Å². The van der Waals surface area contributed by atoms with Crippen molar-refractivity contribution in [3.05, 3.63) is 101 Å². The highest BCUT2D eigenvalue weighted by Crippen LogP contribution is 2.39. The highest BCUT2D eigenvalue weighted by atomic mass is 19.4. The zero-order chi connectivity index (χ0) is 27.6. The molecular weight excluding hydrogens is 515 g/mol. The number of carbonyl (C=O) groups is 1. The van der Waals surface area contributed by atoms with Crippen LogP contribution in [0.2, 0.25) is 0 Å². The standard InChI is InChI=1S/C27H24F7N3O/c28-21-13-19(12-20(14-21)26(29,30)31)25(15-17-6-2-1-3-7-17,37-24(38)36-22-8-4-5-9-22)18-10-11-23(35-16-18)27(32,33)34/h1-3,6-7,10-14,16,22H,4-5,8-9,15H2,(H2,36,37,38)/t25-/m0/s1. The Kier molecular flexibility index (Phi) is 7.66. The van der Waals surface area contributed by atoms with E-state index in [1.165, 1.54) is 0 Å². The molecule has 38 heavy (non-hydrogen) atoms. The molecule has 1 aliphatic rings. The van der Waals surface area contributed by atoms with Gasteiger partial charge in [0.25, 0.3) is 0 Å². The third-order valence-corrected chi connectivity index (χ3v) is 6.59. The first-order valence-corrected chi connectivity index (χ1v) is 11.9. The molecule has 2 amide bonds. The lowest BCUT2D eigenvalue weighted by atomic mass is 9.78. The summed E-state index contributed by atoms with van der Waals surface area (Å²) in [5, 5.41) is 5.49. The fourth-order valence-corrected chi connectivity index (χ4v) is 4.76. The highest BCUT2D eigenvalue weighted by Gasteiger charge is 2.41. The summed E-state index contributed by atoms with van der Waals surface area (Å²) < 4.78 is 95.4. The molecule has 1 aromatic heterocycles. The molecule has 1 heterocycles. The summed E-state index contributed by atoms with van der Waals surface area (Å²) in [4.78, 5) is 16.7. The first-order chi connectivity index (χ1) is 17.9. The minimum Gasteiger partial charge on any atom is -0.335 e. The smallest absolute Gasteiger partial charge is 0.335 e. The number of urea groups is 1. The van der Waals surface area contributed by atoms with Crippen LogP contribution in [0.15, 0.2) is 66.9 Å². The monoisotopic (exact) mass is 539 g/mol. The number of aromatic nitrogens is 1. The van der Waals surface area contributed by atoms with E-state index in [1.807, 2.05) is 0 Å². The Hall–Kier alpha value is -3.63. The minimum atomic E-state index is -4.92. The van der Waals surface area contributed by atoms with Gasteiger partial charge in [0.15, 0.2) is 0 Å². The van der Waals surface area contributed by atoms with Crippen molar-refractivity contribution in [1.82, 2.24) is 15.6 Å². The van der Waals surface area contributed by atoms with E-state index in [-0.39, 0.29) is 23.6 Å². The van der Waals surface area contributed by atoms with Crippen LogP contribution in [-0.2, 0) is 24.3 Å². The average molecular weight is 539 g/mol. The number of carbonyl (C=O) groups excluding carboxylic acids is 1. The Bertz CT molecular complexity index is 1250. The van der Waals surface area contributed by atoms with E-state index in [1.54, 1.807) is 30.3 Å². The van der Waals surface area contributed by atoms with Crippen molar-refractivity contribution in [3.63, 3.8) is 0 Å². The first kappa shape index (κ1) is 27.4. The van der Waals surface area contributed by atoms with Gasteiger partial charge in [-0.05, 0) is 48.2 Å². The van der Waals surface area contributed by atoms with E-state index < -0.39 is 41.0 Å². The predicted octanol–water partition coefficient (Wildman–Crippen LogP) is 6.99. The number of rotatable bonds is 6. The fraction of sp³-hybridized carbons (Fsp3) is 0.333. The summed E-state index contributed by atoms with van der Waals surface area (Å²) in [6.07, 6.45) is -5.84. The lowest BCUT2D eigenvalue weighted by molar-refractivity contribution is -0.141. The van der Waals surface area contributed by atoms with Crippen LogP contribution >= 0.6 is 0 Å². The number of pyridine rings is 1. The van der Waals surface area contributed by atoms with Crippen molar-refractivity contribution < 1.29 is 35.5 Å². The third kappa shape index (κ3) is 6.25. The number of alkyl halides is 6. The zero-order valence-electron chi connectivity index (χ0n) is 20.0. The van der Waals surface area contributed by atoms with Gasteiger partial charge in [0, 0.05) is 24.2 Å². The fourth-order valence-electron chi connectivity index (χ4n) is 4.76. The van der Waals surface area contributed by atoms with Crippen LogP contribution in [0.4, 0.5) is 35.5 Å². The molecule has 0 bridgehead atoms. The average Bonchev–Trinajstić information content (AvgIpc) is 3.36. The molecule has 1 atom stereocenters. The maximum absolute atomic E-state index is 14.6. The van der Waals surface area contributed by atoms with Crippen LogP contribution in [0.5, 0.6) is 0 Å². The topological polar surface area (TPSA) is 54.0 Å². The van der Waals surface area contributed by atoms with Gasteiger partial charge in [-0.15, -0.1) is 0 Å². The molecule has 2 aromatic carbocycles. The van der Waals surface area contributed by atoms with Crippen LogP contribution in [0.3, 0.4) is 0 Å². The summed E-state index contributed by atoms with van der Waals surface area (Å²) in [6, 6.07) is 11.0. The SMILES string of the molecule is O=C(NC1CCCC1)N[C@@](Cc1ccccc1)(c1ccc(C(F)(F)F)nc1)c1cc(F)cc(C(F)(F)F)c1. The molecule has 2 N–H and O–H groups in total. The van der Waals surface area contributed by atoms with Crippen molar-refractivity contribution in [2.45, 2.75) is 56.0 Å².